The normalized spacial score (nSPS) is 12.0. The molecule has 0 heterocycles. The van der Waals surface area contributed by atoms with E-state index in [1.807, 2.05) is 42.5 Å². The van der Waals surface area contributed by atoms with E-state index in [4.69, 9.17) is 0 Å². The third-order valence-electron chi connectivity index (χ3n) is 4.89. The summed E-state index contributed by atoms with van der Waals surface area (Å²) >= 11 is 0. The van der Waals surface area contributed by atoms with Gasteiger partial charge in [-0.1, -0.05) is 87.9 Å². The van der Waals surface area contributed by atoms with Crippen molar-refractivity contribution in [3.63, 3.8) is 0 Å². The first-order chi connectivity index (χ1) is 13.1. The molecule has 0 fully saturated rings. The van der Waals surface area contributed by atoms with Crippen LogP contribution in [0.3, 0.4) is 0 Å². The molecular weight excluding hydrogens is 338 g/mol. The van der Waals surface area contributed by atoms with E-state index in [0.717, 1.165) is 35.6 Å². The van der Waals surface area contributed by atoms with Crippen LogP contribution < -0.4 is 5.32 Å². The number of aliphatic carboxylic acids is 1. The Kier molecular flexibility index (Phi) is 8.82. The van der Waals surface area contributed by atoms with E-state index in [0.29, 0.717) is 12.8 Å². The fourth-order valence-electron chi connectivity index (χ4n) is 3.31. The number of hydrogen-bond donors (Lipinski definition) is 2. The van der Waals surface area contributed by atoms with Gasteiger partial charge in [-0.3, -0.25) is 4.79 Å². The van der Waals surface area contributed by atoms with Crippen molar-refractivity contribution in [1.82, 2.24) is 5.32 Å². The molecule has 0 radical (unpaired) electrons. The van der Waals surface area contributed by atoms with Crippen molar-refractivity contribution in [2.75, 3.05) is 0 Å². The molecular formula is C23H31NO3. The van der Waals surface area contributed by atoms with E-state index in [2.05, 4.69) is 12.2 Å². The molecule has 4 heteroatoms. The summed E-state index contributed by atoms with van der Waals surface area (Å²) in [5, 5.41) is 14.4. The highest BCUT2D eigenvalue weighted by Gasteiger charge is 2.20. The van der Waals surface area contributed by atoms with Crippen LogP contribution in [0.4, 0.5) is 0 Å². The van der Waals surface area contributed by atoms with Gasteiger partial charge in [0.15, 0.2) is 0 Å². The van der Waals surface area contributed by atoms with Gasteiger partial charge in [0.2, 0.25) is 5.91 Å². The molecule has 0 aliphatic carbocycles. The topological polar surface area (TPSA) is 66.4 Å². The zero-order valence-corrected chi connectivity index (χ0v) is 16.2. The average Bonchev–Trinajstić information content (AvgIpc) is 2.66. The van der Waals surface area contributed by atoms with Crippen LogP contribution in [-0.2, 0) is 16.0 Å². The van der Waals surface area contributed by atoms with Crippen molar-refractivity contribution in [1.29, 1.82) is 0 Å². The molecule has 0 aliphatic heterocycles. The van der Waals surface area contributed by atoms with Crippen LogP contribution in [0.2, 0.25) is 0 Å². The zero-order valence-electron chi connectivity index (χ0n) is 16.2. The third-order valence-corrected chi connectivity index (χ3v) is 4.89. The number of hydrogen-bond acceptors (Lipinski definition) is 2. The maximum atomic E-state index is 12.1. The minimum absolute atomic E-state index is 0.170. The second-order valence-electron chi connectivity index (χ2n) is 7.22. The van der Waals surface area contributed by atoms with Gasteiger partial charge < -0.3 is 10.4 Å². The summed E-state index contributed by atoms with van der Waals surface area (Å²) in [4.78, 5) is 23.7. The van der Waals surface area contributed by atoms with Crippen LogP contribution in [0.25, 0.3) is 10.8 Å². The number of carboxylic acids is 1. The van der Waals surface area contributed by atoms with E-state index in [-0.39, 0.29) is 5.91 Å². The van der Waals surface area contributed by atoms with Crippen LogP contribution in [0.15, 0.2) is 42.5 Å². The van der Waals surface area contributed by atoms with Gasteiger partial charge in [-0.25, -0.2) is 4.79 Å². The van der Waals surface area contributed by atoms with Crippen molar-refractivity contribution in [3.8, 4) is 0 Å². The van der Waals surface area contributed by atoms with Crippen molar-refractivity contribution in [2.24, 2.45) is 0 Å². The molecule has 2 aromatic carbocycles. The minimum atomic E-state index is -0.990. The lowest BCUT2D eigenvalue weighted by molar-refractivity contribution is -0.141. The van der Waals surface area contributed by atoms with Crippen molar-refractivity contribution < 1.29 is 14.7 Å². The molecule has 0 saturated heterocycles. The Morgan fingerprint density at radius 1 is 0.926 bits per heavy atom. The Bertz CT molecular complexity index is 741. The number of benzene rings is 2. The van der Waals surface area contributed by atoms with Crippen LogP contribution in [0.5, 0.6) is 0 Å². The van der Waals surface area contributed by atoms with Gasteiger partial charge in [-0.2, -0.15) is 0 Å². The van der Waals surface area contributed by atoms with Gasteiger partial charge in [-0.15, -0.1) is 0 Å². The highest BCUT2D eigenvalue weighted by atomic mass is 16.4. The fourth-order valence-corrected chi connectivity index (χ4v) is 3.31. The first kappa shape index (κ1) is 20.9. The van der Waals surface area contributed by atoms with Gasteiger partial charge in [0.1, 0.15) is 6.04 Å². The van der Waals surface area contributed by atoms with Crippen LogP contribution in [0, 0.1) is 0 Å². The second-order valence-corrected chi connectivity index (χ2v) is 7.22. The van der Waals surface area contributed by atoms with Crippen LogP contribution >= 0.6 is 0 Å². The quantitative estimate of drug-likeness (QED) is 0.512. The molecule has 1 amide bonds. The molecule has 2 rings (SSSR count). The molecule has 2 N–H and O–H groups in total. The second kappa shape index (κ2) is 11.4. The Hall–Kier alpha value is -2.36. The van der Waals surface area contributed by atoms with Gasteiger partial charge in [0, 0.05) is 12.8 Å². The molecule has 146 valence electrons. The molecule has 0 aliphatic rings. The number of nitrogens with one attached hydrogen (secondary N) is 1. The van der Waals surface area contributed by atoms with E-state index >= 15 is 0 Å². The largest absolute Gasteiger partial charge is 0.480 e. The van der Waals surface area contributed by atoms with Gasteiger partial charge in [0.25, 0.3) is 0 Å². The lowest BCUT2D eigenvalue weighted by Gasteiger charge is -2.15. The van der Waals surface area contributed by atoms with Gasteiger partial charge >= 0.3 is 5.97 Å². The predicted octanol–water partition coefficient (Wildman–Crippen LogP) is 5.09. The van der Waals surface area contributed by atoms with E-state index in [1.54, 1.807) is 0 Å². The number of fused-ring (bicyclic) bond motifs is 1. The Labute approximate surface area is 162 Å². The summed E-state index contributed by atoms with van der Waals surface area (Å²) in [7, 11) is 0. The number of amides is 1. The summed E-state index contributed by atoms with van der Waals surface area (Å²) < 4.78 is 0. The monoisotopic (exact) mass is 369 g/mol. The Morgan fingerprint density at radius 3 is 2.30 bits per heavy atom. The highest BCUT2D eigenvalue weighted by molar-refractivity contribution is 5.85. The summed E-state index contributed by atoms with van der Waals surface area (Å²) in [5.41, 5.74) is 0.914. The van der Waals surface area contributed by atoms with Gasteiger partial charge in [-0.05, 0) is 22.8 Å². The SMILES string of the molecule is CCCCCCCCCC(=O)NC(Cc1ccc2ccccc2c1)C(=O)O. The molecule has 4 nitrogen and oxygen atoms in total. The maximum Gasteiger partial charge on any atom is 0.326 e. The van der Waals surface area contributed by atoms with E-state index in [9.17, 15) is 14.7 Å². The summed E-state index contributed by atoms with van der Waals surface area (Å²) in [6, 6.07) is 13.0. The molecule has 1 unspecified atom stereocenters. The smallest absolute Gasteiger partial charge is 0.326 e. The Morgan fingerprint density at radius 2 is 1.59 bits per heavy atom. The lowest BCUT2D eigenvalue weighted by atomic mass is 10.0. The maximum absolute atomic E-state index is 12.1. The Balaban J connectivity index is 1.80. The molecule has 0 saturated carbocycles. The first-order valence-electron chi connectivity index (χ1n) is 10.1. The van der Waals surface area contributed by atoms with Crippen molar-refractivity contribution in [2.45, 2.75) is 70.8 Å². The molecule has 0 spiro atoms. The van der Waals surface area contributed by atoms with Gasteiger partial charge in [0.05, 0.1) is 0 Å². The number of carbonyl (C=O) groups excluding carboxylic acids is 1. The number of rotatable bonds is 12. The van der Waals surface area contributed by atoms with Crippen molar-refractivity contribution in [3.05, 3.63) is 48.0 Å². The lowest BCUT2D eigenvalue weighted by Crippen LogP contribution is -2.42. The molecule has 0 aromatic heterocycles. The molecule has 27 heavy (non-hydrogen) atoms. The van der Waals surface area contributed by atoms with Crippen molar-refractivity contribution >= 4 is 22.6 Å². The van der Waals surface area contributed by atoms with E-state index < -0.39 is 12.0 Å². The molecule has 2 aromatic rings. The number of unbranched alkanes of at least 4 members (excludes halogenated alkanes) is 6. The molecule has 0 bridgehead atoms. The molecule has 1 atom stereocenters. The first-order valence-corrected chi connectivity index (χ1v) is 10.1. The van der Waals surface area contributed by atoms with E-state index in [1.165, 1.54) is 25.7 Å². The van der Waals surface area contributed by atoms with Crippen LogP contribution in [-0.4, -0.2) is 23.0 Å². The average molecular weight is 370 g/mol. The predicted molar refractivity (Wildman–Crippen MR) is 110 cm³/mol. The number of carboxylic acid groups (broad SMARTS) is 1. The third kappa shape index (κ3) is 7.41. The summed E-state index contributed by atoms with van der Waals surface area (Å²) in [5.74, 6) is -1.16. The zero-order chi connectivity index (χ0) is 19.5. The summed E-state index contributed by atoms with van der Waals surface area (Å²) in [6.45, 7) is 2.20. The number of carbonyl (C=O) groups is 2. The standard InChI is InChI=1S/C23H31NO3/c1-2-3-4-5-6-7-8-13-22(25)24-21(23(26)27)17-18-14-15-19-11-9-10-12-20(19)16-18/h9-12,14-16,21H,2-8,13,17H2,1H3,(H,24,25)(H,26,27). The minimum Gasteiger partial charge on any atom is -0.480 e. The highest BCUT2D eigenvalue weighted by Crippen LogP contribution is 2.17. The summed E-state index contributed by atoms with van der Waals surface area (Å²) in [6.07, 6.45) is 8.67. The fraction of sp³-hybridized carbons (Fsp3) is 0.478. The van der Waals surface area contributed by atoms with Crippen LogP contribution in [0.1, 0.15) is 63.9 Å².